The number of carbonyl (C=O) groups is 2. The summed E-state index contributed by atoms with van der Waals surface area (Å²) in [6, 6.07) is 0. The minimum absolute atomic E-state index is 0.162. The molecule has 0 unspecified atom stereocenters. The highest BCUT2D eigenvalue weighted by Gasteiger charge is 2.08. The molecule has 0 aliphatic carbocycles. The smallest absolute Gasteiger partial charge is 0.305 e. The van der Waals surface area contributed by atoms with Crippen LogP contribution in [-0.2, 0) is 14.3 Å². The van der Waals surface area contributed by atoms with Gasteiger partial charge in [-0.2, -0.15) is 0 Å². The van der Waals surface area contributed by atoms with Crippen LogP contribution in [0.1, 0.15) is 38.5 Å². The van der Waals surface area contributed by atoms with Crippen LogP contribution in [0.4, 0.5) is 0 Å². The molecule has 0 aromatic heterocycles. The van der Waals surface area contributed by atoms with Crippen molar-refractivity contribution in [3.05, 3.63) is 0 Å². The van der Waals surface area contributed by atoms with Crippen LogP contribution in [0, 0.1) is 0 Å². The van der Waals surface area contributed by atoms with Crippen molar-refractivity contribution >= 4 is 11.8 Å². The number of hydrogen-bond acceptors (Lipinski definition) is 3. The number of carbonyl (C=O) groups excluding carboxylic acids is 2. The lowest BCUT2D eigenvalue weighted by atomic mass is 10.1. The predicted octanol–water partition coefficient (Wildman–Crippen LogP) is 1.45. The third kappa shape index (κ3) is 3.51. The van der Waals surface area contributed by atoms with Crippen molar-refractivity contribution in [1.29, 1.82) is 0 Å². The zero-order valence-electron chi connectivity index (χ0n) is 7.17. The summed E-state index contributed by atoms with van der Waals surface area (Å²) in [4.78, 5) is 21.9. The number of hydrogen-bond donors (Lipinski definition) is 0. The van der Waals surface area contributed by atoms with Crippen molar-refractivity contribution in [2.45, 2.75) is 38.5 Å². The first-order valence-electron chi connectivity index (χ1n) is 4.46. The van der Waals surface area contributed by atoms with Gasteiger partial charge in [-0.3, -0.25) is 9.59 Å². The first-order chi connectivity index (χ1) is 5.79. The number of rotatable bonds is 0. The summed E-state index contributed by atoms with van der Waals surface area (Å²) in [6.45, 7) is 0.275. The van der Waals surface area contributed by atoms with Crippen LogP contribution in [0.25, 0.3) is 0 Å². The van der Waals surface area contributed by atoms with Crippen LogP contribution < -0.4 is 0 Å². The molecule has 0 saturated carbocycles. The minimum atomic E-state index is -0.162. The second kappa shape index (κ2) is 4.91. The highest BCUT2D eigenvalue weighted by molar-refractivity contribution is 5.79. The maximum absolute atomic E-state index is 11.0. The molecular weight excluding hydrogens is 156 g/mol. The lowest BCUT2D eigenvalue weighted by molar-refractivity contribution is -0.144. The average molecular weight is 170 g/mol. The van der Waals surface area contributed by atoms with Gasteiger partial charge in [0.25, 0.3) is 0 Å². The van der Waals surface area contributed by atoms with E-state index >= 15 is 0 Å². The maximum Gasteiger partial charge on any atom is 0.305 e. The van der Waals surface area contributed by atoms with Crippen molar-refractivity contribution in [1.82, 2.24) is 0 Å². The molecule has 3 nitrogen and oxygen atoms in total. The van der Waals surface area contributed by atoms with Gasteiger partial charge in [-0.25, -0.2) is 0 Å². The van der Waals surface area contributed by atoms with Crippen molar-refractivity contribution in [2.75, 3.05) is 6.61 Å². The molecule has 0 atom stereocenters. The number of ether oxygens (including phenoxy) is 1. The zero-order chi connectivity index (χ0) is 8.81. The zero-order valence-corrected chi connectivity index (χ0v) is 7.17. The van der Waals surface area contributed by atoms with Crippen LogP contribution in [-0.4, -0.2) is 18.4 Å². The lowest BCUT2D eigenvalue weighted by Crippen LogP contribution is -2.11. The Hall–Kier alpha value is -0.860. The Balaban J connectivity index is 2.31. The summed E-state index contributed by atoms with van der Waals surface area (Å²) in [6.07, 6.45) is 4.29. The summed E-state index contributed by atoms with van der Waals surface area (Å²) >= 11 is 0. The Labute approximate surface area is 72.1 Å². The molecule has 0 N–H and O–H groups in total. The van der Waals surface area contributed by atoms with Gasteiger partial charge in [0.15, 0.2) is 0 Å². The maximum atomic E-state index is 11.0. The van der Waals surface area contributed by atoms with Crippen molar-refractivity contribution in [3.8, 4) is 0 Å². The van der Waals surface area contributed by atoms with Crippen LogP contribution >= 0.6 is 0 Å². The van der Waals surface area contributed by atoms with E-state index in [0.29, 0.717) is 19.3 Å². The third-order valence-electron chi connectivity index (χ3n) is 1.98. The Morgan fingerprint density at radius 3 is 2.50 bits per heavy atom. The quantitative estimate of drug-likeness (QED) is 0.517. The van der Waals surface area contributed by atoms with Crippen molar-refractivity contribution in [3.63, 3.8) is 0 Å². The van der Waals surface area contributed by atoms with Gasteiger partial charge >= 0.3 is 5.97 Å². The molecule has 0 aromatic carbocycles. The molecule has 3 heteroatoms. The second-order valence-electron chi connectivity index (χ2n) is 3.07. The van der Waals surface area contributed by atoms with E-state index in [-0.39, 0.29) is 18.4 Å². The average Bonchev–Trinajstić information content (AvgIpc) is 2.04. The van der Waals surface area contributed by atoms with Gasteiger partial charge < -0.3 is 4.74 Å². The summed E-state index contributed by atoms with van der Waals surface area (Å²) < 4.78 is 4.83. The van der Waals surface area contributed by atoms with Crippen molar-refractivity contribution in [2.24, 2.45) is 0 Å². The number of cyclic esters (lactones) is 1. The number of Topliss-reactive ketones (excluding diaryl/α,β-unsaturated/α-hetero) is 1. The van der Waals surface area contributed by atoms with E-state index in [2.05, 4.69) is 0 Å². The second-order valence-corrected chi connectivity index (χ2v) is 3.07. The molecule has 1 saturated heterocycles. The summed E-state index contributed by atoms with van der Waals surface area (Å²) in [5.41, 5.74) is 0. The van der Waals surface area contributed by atoms with Gasteiger partial charge in [-0.1, -0.05) is 6.42 Å². The van der Waals surface area contributed by atoms with Gasteiger partial charge in [0, 0.05) is 19.3 Å². The van der Waals surface area contributed by atoms with Gasteiger partial charge in [0.1, 0.15) is 5.78 Å². The summed E-state index contributed by atoms with van der Waals surface area (Å²) in [7, 11) is 0. The molecule has 12 heavy (non-hydrogen) atoms. The van der Waals surface area contributed by atoms with Gasteiger partial charge in [0.05, 0.1) is 6.61 Å². The van der Waals surface area contributed by atoms with E-state index in [0.717, 1.165) is 19.3 Å². The first kappa shape index (κ1) is 9.23. The highest BCUT2D eigenvalue weighted by atomic mass is 16.5. The first-order valence-corrected chi connectivity index (χ1v) is 4.46. The van der Waals surface area contributed by atoms with Gasteiger partial charge in [-0.05, 0) is 12.8 Å². The molecule has 1 aliphatic heterocycles. The fourth-order valence-corrected chi connectivity index (χ4v) is 1.24. The molecule has 1 fully saturated rings. The van der Waals surface area contributed by atoms with Crippen LogP contribution in [0.2, 0.25) is 0 Å². The molecular formula is C9H14O3. The number of esters is 1. The summed E-state index contributed by atoms with van der Waals surface area (Å²) in [5.74, 6) is 0.0504. The van der Waals surface area contributed by atoms with E-state index in [1.807, 2.05) is 0 Å². The normalized spacial score (nSPS) is 21.7. The molecule has 0 amide bonds. The van der Waals surface area contributed by atoms with Crippen molar-refractivity contribution < 1.29 is 14.3 Å². The highest BCUT2D eigenvalue weighted by Crippen LogP contribution is 2.08. The largest absolute Gasteiger partial charge is 0.465 e. The molecule has 1 heterocycles. The lowest BCUT2D eigenvalue weighted by Gasteiger charge is -2.07. The SMILES string of the molecule is O=C1CCCCCC(=O)OCC1. The molecule has 0 bridgehead atoms. The fraction of sp³-hybridized carbons (Fsp3) is 0.778. The van der Waals surface area contributed by atoms with Crippen LogP contribution in [0.5, 0.6) is 0 Å². The van der Waals surface area contributed by atoms with Crippen LogP contribution in [0.3, 0.4) is 0 Å². The van der Waals surface area contributed by atoms with E-state index in [1.54, 1.807) is 0 Å². The molecule has 1 aliphatic rings. The van der Waals surface area contributed by atoms with E-state index in [9.17, 15) is 9.59 Å². The van der Waals surface area contributed by atoms with E-state index < -0.39 is 0 Å². The third-order valence-corrected chi connectivity index (χ3v) is 1.98. The minimum Gasteiger partial charge on any atom is -0.465 e. The van der Waals surface area contributed by atoms with E-state index in [1.165, 1.54) is 0 Å². The molecule has 0 aromatic rings. The van der Waals surface area contributed by atoms with Crippen LogP contribution in [0.15, 0.2) is 0 Å². The van der Waals surface area contributed by atoms with E-state index in [4.69, 9.17) is 4.74 Å². The standard InChI is InChI=1S/C9H14O3/c10-8-4-2-1-3-5-9(11)12-7-6-8/h1-7H2. The van der Waals surface area contributed by atoms with Gasteiger partial charge in [-0.15, -0.1) is 0 Å². The predicted molar refractivity (Wildman–Crippen MR) is 43.7 cm³/mol. The Morgan fingerprint density at radius 2 is 1.67 bits per heavy atom. The molecule has 0 radical (unpaired) electrons. The Kier molecular flexibility index (Phi) is 3.77. The Bertz CT molecular complexity index is 157. The fourth-order valence-electron chi connectivity index (χ4n) is 1.24. The molecule has 1 rings (SSSR count). The molecule has 68 valence electrons. The number of ketones is 1. The summed E-state index contributed by atoms with van der Waals surface area (Å²) in [5, 5.41) is 0. The molecule has 0 spiro atoms. The van der Waals surface area contributed by atoms with Gasteiger partial charge in [0.2, 0.25) is 0 Å². The monoisotopic (exact) mass is 170 g/mol. The topological polar surface area (TPSA) is 43.4 Å². The Morgan fingerprint density at radius 1 is 0.917 bits per heavy atom.